The monoisotopic (exact) mass is 372 g/mol. The number of ether oxygens (including phenoxy) is 1. The fourth-order valence-electron chi connectivity index (χ4n) is 2.96. The Kier molecular flexibility index (Phi) is 6.28. The zero-order valence-corrected chi connectivity index (χ0v) is 15.7. The molecule has 0 spiro atoms. The van der Waals surface area contributed by atoms with Crippen molar-refractivity contribution in [1.82, 2.24) is 4.90 Å². The Morgan fingerprint density at radius 3 is 2.42 bits per heavy atom. The summed E-state index contributed by atoms with van der Waals surface area (Å²) in [5, 5.41) is 9.97. The van der Waals surface area contributed by atoms with Crippen LogP contribution in [-0.4, -0.2) is 54.5 Å². The topological polar surface area (TPSA) is 53.0 Å². The van der Waals surface area contributed by atoms with Crippen LogP contribution in [0.4, 0.5) is 5.69 Å². The number of thioether (sulfide) groups is 1. The highest BCUT2D eigenvalue weighted by molar-refractivity contribution is 8.00. The van der Waals surface area contributed by atoms with Gasteiger partial charge < -0.3 is 19.6 Å². The average Bonchev–Trinajstić information content (AvgIpc) is 2.68. The van der Waals surface area contributed by atoms with Gasteiger partial charge >= 0.3 is 0 Å². The molecule has 2 aromatic carbocycles. The standard InChI is InChI=1S/C20H24N2O3S/c1-2-25-16-7-9-17(10-8-16)26-15-20(24)22-13-11-21(12-14-22)18-5-3-4-6-19(18)23/h3-10,23H,2,11-15H2,1H3. The zero-order valence-electron chi connectivity index (χ0n) is 14.9. The van der Waals surface area contributed by atoms with Gasteiger partial charge in [-0.1, -0.05) is 12.1 Å². The van der Waals surface area contributed by atoms with E-state index in [1.165, 1.54) is 0 Å². The van der Waals surface area contributed by atoms with Crippen molar-refractivity contribution in [2.75, 3.05) is 43.4 Å². The number of amides is 1. The number of nitrogens with zero attached hydrogens (tertiary/aromatic N) is 2. The van der Waals surface area contributed by atoms with Crippen molar-refractivity contribution >= 4 is 23.4 Å². The number of para-hydroxylation sites is 2. The minimum Gasteiger partial charge on any atom is -0.506 e. The Morgan fingerprint density at radius 1 is 1.08 bits per heavy atom. The maximum Gasteiger partial charge on any atom is 0.233 e. The Balaban J connectivity index is 1.47. The maximum atomic E-state index is 12.5. The van der Waals surface area contributed by atoms with Crippen LogP contribution in [0.5, 0.6) is 11.5 Å². The summed E-state index contributed by atoms with van der Waals surface area (Å²) in [4.78, 5) is 17.6. The first kappa shape index (κ1) is 18.5. The zero-order chi connectivity index (χ0) is 18.4. The molecule has 6 heteroatoms. The molecule has 1 fully saturated rings. The number of aromatic hydroxyl groups is 1. The number of phenols is 1. The Labute approximate surface area is 158 Å². The van der Waals surface area contributed by atoms with E-state index < -0.39 is 0 Å². The molecule has 0 bridgehead atoms. The number of phenolic OH excluding ortho intramolecular Hbond substituents is 1. The summed E-state index contributed by atoms with van der Waals surface area (Å²) in [6.45, 7) is 5.43. The van der Waals surface area contributed by atoms with Crippen LogP contribution >= 0.6 is 11.8 Å². The number of carbonyl (C=O) groups is 1. The van der Waals surface area contributed by atoms with Crippen molar-refractivity contribution in [2.24, 2.45) is 0 Å². The van der Waals surface area contributed by atoms with E-state index in [1.54, 1.807) is 17.8 Å². The largest absolute Gasteiger partial charge is 0.506 e. The lowest BCUT2D eigenvalue weighted by atomic mass is 10.2. The van der Waals surface area contributed by atoms with Gasteiger partial charge in [0.1, 0.15) is 11.5 Å². The summed E-state index contributed by atoms with van der Waals surface area (Å²) < 4.78 is 5.43. The van der Waals surface area contributed by atoms with Gasteiger partial charge in [0.05, 0.1) is 18.0 Å². The minimum absolute atomic E-state index is 0.154. The van der Waals surface area contributed by atoms with Crippen molar-refractivity contribution in [3.8, 4) is 11.5 Å². The van der Waals surface area contributed by atoms with E-state index >= 15 is 0 Å². The maximum absolute atomic E-state index is 12.5. The van der Waals surface area contributed by atoms with Crippen molar-refractivity contribution in [3.05, 3.63) is 48.5 Å². The molecule has 1 saturated heterocycles. The molecule has 0 aromatic heterocycles. The van der Waals surface area contributed by atoms with Crippen LogP contribution < -0.4 is 9.64 Å². The summed E-state index contributed by atoms with van der Waals surface area (Å²) in [5.41, 5.74) is 0.836. The van der Waals surface area contributed by atoms with Gasteiger partial charge in [-0.05, 0) is 43.3 Å². The van der Waals surface area contributed by atoms with Gasteiger partial charge in [-0.2, -0.15) is 0 Å². The van der Waals surface area contributed by atoms with Gasteiger partial charge in [0.25, 0.3) is 0 Å². The van der Waals surface area contributed by atoms with E-state index in [-0.39, 0.29) is 5.91 Å². The van der Waals surface area contributed by atoms with Crippen LogP contribution in [0, 0.1) is 0 Å². The number of anilines is 1. The fraction of sp³-hybridized carbons (Fsp3) is 0.350. The quantitative estimate of drug-likeness (QED) is 0.789. The molecule has 1 amide bonds. The number of carbonyl (C=O) groups excluding carboxylic acids is 1. The normalized spacial score (nSPS) is 14.3. The summed E-state index contributed by atoms with van der Waals surface area (Å²) in [6.07, 6.45) is 0. The third-order valence-electron chi connectivity index (χ3n) is 4.35. The van der Waals surface area contributed by atoms with E-state index in [0.717, 1.165) is 29.4 Å². The average molecular weight is 372 g/mol. The number of hydrogen-bond acceptors (Lipinski definition) is 5. The summed E-state index contributed by atoms with van der Waals surface area (Å²) in [7, 11) is 0. The van der Waals surface area contributed by atoms with Crippen LogP contribution in [0.2, 0.25) is 0 Å². The van der Waals surface area contributed by atoms with E-state index in [0.29, 0.717) is 31.2 Å². The van der Waals surface area contributed by atoms with E-state index in [2.05, 4.69) is 4.90 Å². The molecule has 138 valence electrons. The first-order valence-electron chi connectivity index (χ1n) is 8.83. The molecule has 1 heterocycles. The number of benzene rings is 2. The first-order chi connectivity index (χ1) is 12.7. The summed E-state index contributed by atoms with van der Waals surface area (Å²) >= 11 is 1.55. The molecule has 3 rings (SSSR count). The van der Waals surface area contributed by atoms with Gasteiger partial charge in [0.15, 0.2) is 0 Å². The second-order valence-electron chi connectivity index (χ2n) is 6.05. The summed E-state index contributed by atoms with van der Waals surface area (Å²) in [5.74, 6) is 1.73. The number of hydrogen-bond donors (Lipinski definition) is 1. The van der Waals surface area contributed by atoms with Crippen molar-refractivity contribution in [2.45, 2.75) is 11.8 Å². The highest BCUT2D eigenvalue weighted by Gasteiger charge is 2.22. The lowest BCUT2D eigenvalue weighted by Gasteiger charge is -2.36. The van der Waals surface area contributed by atoms with Crippen LogP contribution in [0.15, 0.2) is 53.4 Å². The van der Waals surface area contributed by atoms with Gasteiger partial charge in [-0.15, -0.1) is 11.8 Å². The Bertz CT molecular complexity index is 728. The highest BCUT2D eigenvalue weighted by atomic mass is 32.2. The first-order valence-corrected chi connectivity index (χ1v) is 9.82. The van der Waals surface area contributed by atoms with Gasteiger partial charge in [-0.25, -0.2) is 0 Å². The van der Waals surface area contributed by atoms with Crippen LogP contribution in [0.25, 0.3) is 0 Å². The number of rotatable bonds is 6. The van der Waals surface area contributed by atoms with Crippen LogP contribution in [0.1, 0.15) is 6.92 Å². The molecule has 5 nitrogen and oxygen atoms in total. The molecule has 0 atom stereocenters. The fourth-order valence-corrected chi connectivity index (χ4v) is 3.76. The molecule has 0 radical (unpaired) electrons. The molecule has 1 aliphatic rings. The van der Waals surface area contributed by atoms with Gasteiger partial charge in [-0.3, -0.25) is 4.79 Å². The molecule has 0 unspecified atom stereocenters. The molecule has 1 aliphatic heterocycles. The summed E-state index contributed by atoms with van der Waals surface area (Å²) in [6, 6.07) is 15.2. The SMILES string of the molecule is CCOc1ccc(SCC(=O)N2CCN(c3ccccc3O)CC2)cc1. The smallest absolute Gasteiger partial charge is 0.233 e. The third-order valence-corrected chi connectivity index (χ3v) is 5.35. The van der Waals surface area contributed by atoms with E-state index in [1.807, 2.05) is 54.3 Å². The molecular formula is C20H24N2O3S. The second-order valence-corrected chi connectivity index (χ2v) is 7.10. The molecule has 1 N–H and O–H groups in total. The van der Waals surface area contributed by atoms with E-state index in [9.17, 15) is 9.90 Å². The molecule has 2 aromatic rings. The molecule has 0 aliphatic carbocycles. The van der Waals surface area contributed by atoms with Gasteiger partial charge in [0.2, 0.25) is 5.91 Å². The second kappa shape index (κ2) is 8.85. The lowest BCUT2D eigenvalue weighted by Crippen LogP contribution is -2.49. The highest BCUT2D eigenvalue weighted by Crippen LogP contribution is 2.27. The van der Waals surface area contributed by atoms with Crippen molar-refractivity contribution < 1.29 is 14.6 Å². The van der Waals surface area contributed by atoms with E-state index in [4.69, 9.17) is 4.74 Å². The molecule has 26 heavy (non-hydrogen) atoms. The molecule has 0 saturated carbocycles. The van der Waals surface area contributed by atoms with Crippen LogP contribution in [-0.2, 0) is 4.79 Å². The predicted octanol–water partition coefficient (Wildman–Crippen LogP) is 3.23. The predicted molar refractivity (Wildman–Crippen MR) is 105 cm³/mol. The Morgan fingerprint density at radius 2 is 1.77 bits per heavy atom. The van der Waals surface area contributed by atoms with Crippen LogP contribution in [0.3, 0.4) is 0 Å². The Hall–Kier alpha value is -2.34. The molecular weight excluding hydrogens is 348 g/mol. The van der Waals surface area contributed by atoms with Gasteiger partial charge in [0, 0.05) is 31.1 Å². The van der Waals surface area contributed by atoms with Crippen molar-refractivity contribution in [1.29, 1.82) is 0 Å². The third kappa shape index (κ3) is 4.64. The number of piperazine rings is 1. The van der Waals surface area contributed by atoms with Crippen molar-refractivity contribution in [3.63, 3.8) is 0 Å². The minimum atomic E-state index is 0.154. The lowest BCUT2D eigenvalue weighted by molar-refractivity contribution is -0.128.